The van der Waals surface area contributed by atoms with Crippen LogP contribution in [0.15, 0.2) is 71.6 Å². The van der Waals surface area contributed by atoms with E-state index in [1.807, 2.05) is 12.1 Å². The Balaban J connectivity index is 1.78. The minimum absolute atomic E-state index is 0.137. The first kappa shape index (κ1) is 15.9. The van der Waals surface area contributed by atoms with Crippen molar-refractivity contribution in [3.8, 4) is 0 Å². The average Bonchev–Trinajstić information content (AvgIpc) is 3.13. The summed E-state index contributed by atoms with van der Waals surface area (Å²) in [7, 11) is 0. The Morgan fingerprint density at radius 1 is 1.17 bits per heavy atom. The van der Waals surface area contributed by atoms with Gasteiger partial charge in [-0.25, -0.2) is 4.39 Å². The number of furan rings is 1. The van der Waals surface area contributed by atoms with Gasteiger partial charge >= 0.3 is 0 Å². The molecule has 0 saturated carbocycles. The summed E-state index contributed by atoms with van der Waals surface area (Å²) in [5.41, 5.74) is 1.71. The lowest BCUT2D eigenvalue weighted by Crippen LogP contribution is -2.30. The van der Waals surface area contributed by atoms with Crippen molar-refractivity contribution in [2.24, 2.45) is 0 Å². The number of amides is 1. The molecule has 0 aliphatic heterocycles. The third kappa shape index (κ3) is 4.07. The number of halogens is 1. The molecule has 0 spiro atoms. The molecule has 2 heterocycles. The van der Waals surface area contributed by atoms with Gasteiger partial charge < -0.3 is 9.73 Å². The summed E-state index contributed by atoms with van der Waals surface area (Å²) in [5.74, 6) is -0.205. The summed E-state index contributed by atoms with van der Waals surface area (Å²) in [6.45, 7) is 0.316. The van der Waals surface area contributed by atoms with Gasteiger partial charge in [0, 0.05) is 12.4 Å². The standard InChI is InChI=1S/C19H17FN2O2/c20-16-7-5-15(6-8-16)18(11-14-3-1-9-21-12-14)19(23)22-13-17-4-2-10-24-17/h1-10,12,18H,11,13H2,(H,22,23). The van der Waals surface area contributed by atoms with Crippen LogP contribution < -0.4 is 5.32 Å². The molecular formula is C19H17FN2O2. The monoisotopic (exact) mass is 324 g/mol. The van der Waals surface area contributed by atoms with Gasteiger partial charge in [-0.2, -0.15) is 0 Å². The van der Waals surface area contributed by atoms with Crippen molar-refractivity contribution >= 4 is 5.91 Å². The highest BCUT2D eigenvalue weighted by atomic mass is 19.1. The Morgan fingerprint density at radius 2 is 2.00 bits per heavy atom. The van der Waals surface area contributed by atoms with Crippen molar-refractivity contribution in [3.63, 3.8) is 0 Å². The highest BCUT2D eigenvalue weighted by Crippen LogP contribution is 2.22. The zero-order chi connectivity index (χ0) is 16.8. The summed E-state index contributed by atoms with van der Waals surface area (Å²) >= 11 is 0. The van der Waals surface area contributed by atoms with Crippen molar-refractivity contribution in [1.82, 2.24) is 10.3 Å². The van der Waals surface area contributed by atoms with Crippen LogP contribution in [0.25, 0.3) is 0 Å². The molecule has 2 aromatic heterocycles. The number of hydrogen-bond acceptors (Lipinski definition) is 3. The van der Waals surface area contributed by atoms with Gasteiger partial charge in [-0.3, -0.25) is 9.78 Å². The number of carbonyl (C=O) groups excluding carboxylic acids is 1. The van der Waals surface area contributed by atoms with E-state index in [0.717, 1.165) is 11.1 Å². The predicted molar refractivity (Wildman–Crippen MR) is 87.6 cm³/mol. The van der Waals surface area contributed by atoms with Crippen LogP contribution in [0.3, 0.4) is 0 Å². The van der Waals surface area contributed by atoms with Crippen LogP contribution in [-0.4, -0.2) is 10.9 Å². The Kier molecular flexibility index (Phi) is 5.01. The Hall–Kier alpha value is -2.95. The Bertz CT molecular complexity index is 771. The topological polar surface area (TPSA) is 55.1 Å². The third-order valence-electron chi connectivity index (χ3n) is 3.77. The van der Waals surface area contributed by atoms with Crippen LogP contribution in [0.5, 0.6) is 0 Å². The van der Waals surface area contributed by atoms with Crippen LogP contribution in [0.1, 0.15) is 22.8 Å². The molecule has 1 amide bonds. The van der Waals surface area contributed by atoms with E-state index in [0.29, 0.717) is 18.7 Å². The molecule has 1 N–H and O–H groups in total. The number of benzene rings is 1. The van der Waals surface area contributed by atoms with Crippen molar-refractivity contribution in [3.05, 3.63) is 89.9 Å². The summed E-state index contributed by atoms with van der Waals surface area (Å²) in [6, 6.07) is 13.3. The smallest absolute Gasteiger partial charge is 0.228 e. The van der Waals surface area contributed by atoms with Crippen LogP contribution in [0, 0.1) is 5.82 Å². The molecule has 24 heavy (non-hydrogen) atoms. The van der Waals surface area contributed by atoms with Gasteiger partial charge in [0.05, 0.1) is 18.7 Å². The maximum absolute atomic E-state index is 13.2. The van der Waals surface area contributed by atoms with Gasteiger partial charge in [-0.1, -0.05) is 18.2 Å². The van der Waals surface area contributed by atoms with Crippen molar-refractivity contribution in [2.45, 2.75) is 18.9 Å². The predicted octanol–water partition coefficient (Wildman–Crippen LogP) is 3.46. The zero-order valence-electron chi connectivity index (χ0n) is 13.0. The quantitative estimate of drug-likeness (QED) is 0.755. The molecule has 1 aromatic carbocycles. The molecule has 4 nitrogen and oxygen atoms in total. The lowest BCUT2D eigenvalue weighted by Gasteiger charge is -2.17. The molecule has 3 aromatic rings. The maximum Gasteiger partial charge on any atom is 0.228 e. The average molecular weight is 324 g/mol. The highest BCUT2D eigenvalue weighted by molar-refractivity contribution is 5.83. The Labute approximate surface area is 139 Å². The van der Waals surface area contributed by atoms with Gasteiger partial charge in [0.1, 0.15) is 11.6 Å². The fourth-order valence-corrected chi connectivity index (χ4v) is 2.52. The van der Waals surface area contributed by atoms with E-state index in [-0.39, 0.29) is 11.7 Å². The van der Waals surface area contributed by atoms with E-state index in [2.05, 4.69) is 10.3 Å². The van der Waals surface area contributed by atoms with Crippen molar-refractivity contribution in [2.75, 3.05) is 0 Å². The van der Waals surface area contributed by atoms with E-state index >= 15 is 0 Å². The first-order valence-electron chi connectivity index (χ1n) is 7.67. The number of rotatable bonds is 6. The number of aromatic nitrogens is 1. The van der Waals surface area contributed by atoms with Crippen LogP contribution in [-0.2, 0) is 17.8 Å². The molecule has 1 atom stereocenters. The summed E-state index contributed by atoms with van der Waals surface area (Å²) in [5, 5.41) is 2.87. The van der Waals surface area contributed by atoms with Gasteiger partial charge in [-0.05, 0) is 47.9 Å². The van der Waals surface area contributed by atoms with Crippen LogP contribution >= 0.6 is 0 Å². The number of nitrogens with zero attached hydrogens (tertiary/aromatic N) is 1. The number of carbonyl (C=O) groups is 1. The van der Waals surface area contributed by atoms with E-state index in [1.54, 1.807) is 42.9 Å². The van der Waals surface area contributed by atoms with Crippen LogP contribution in [0.2, 0.25) is 0 Å². The summed E-state index contributed by atoms with van der Waals surface area (Å²) < 4.78 is 18.4. The molecule has 0 bridgehead atoms. The minimum atomic E-state index is -0.426. The number of pyridine rings is 1. The SMILES string of the molecule is O=C(NCc1ccco1)C(Cc1cccnc1)c1ccc(F)cc1. The van der Waals surface area contributed by atoms with Crippen molar-refractivity contribution in [1.29, 1.82) is 0 Å². The van der Waals surface area contributed by atoms with Crippen LogP contribution in [0.4, 0.5) is 4.39 Å². The normalized spacial score (nSPS) is 11.9. The maximum atomic E-state index is 13.2. The molecule has 0 aliphatic carbocycles. The molecule has 0 radical (unpaired) electrons. The molecule has 0 fully saturated rings. The van der Waals surface area contributed by atoms with Gasteiger partial charge in [0.2, 0.25) is 5.91 Å². The van der Waals surface area contributed by atoms with E-state index in [9.17, 15) is 9.18 Å². The second-order valence-electron chi connectivity index (χ2n) is 5.47. The second kappa shape index (κ2) is 7.55. The van der Waals surface area contributed by atoms with Crippen molar-refractivity contribution < 1.29 is 13.6 Å². The van der Waals surface area contributed by atoms with E-state index in [1.165, 1.54) is 12.1 Å². The third-order valence-corrected chi connectivity index (χ3v) is 3.77. The van der Waals surface area contributed by atoms with Gasteiger partial charge in [0.15, 0.2) is 0 Å². The lowest BCUT2D eigenvalue weighted by atomic mass is 9.91. The molecule has 5 heteroatoms. The zero-order valence-corrected chi connectivity index (χ0v) is 13.0. The number of nitrogens with one attached hydrogen (secondary N) is 1. The second-order valence-corrected chi connectivity index (χ2v) is 5.47. The highest BCUT2D eigenvalue weighted by Gasteiger charge is 2.21. The fourth-order valence-electron chi connectivity index (χ4n) is 2.52. The minimum Gasteiger partial charge on any atom is -0.467 e. The van der Waals surface area contributed by atoms with E-state index in [4.69, 9.17) is 4.42 Å². The number of hydrogen-bond donors (Lipinski definition) is 1. The van der Waals surface area contributed by atoms with Gasteiger partial charge in [-0.15, -0.1) is 0 Å². The molecule has 0 saturated heterocycles. The molecule has 3 rings (SSSR count). The largest absolute Gasteiger partial charge is 0.467 e. The molecular weight excluding hydrogens is 307 g/mol. The summed E-state index contributed by atoms with van der Waals surface area (Å²) in [4.78, 5) is 16.7. The molecule has 0 aliphatic rings. The first-order chi connectivity index (χ1) is 11.7. The van der Waals surface area contributed by atoms with E-state index < -0.39 is 5.92 Å². The molecule has 1 unspecified atom stereocenters. The molecule has 122 valence electrons. The summed E-state index contributed by atoms with van der Waals surface area (Å²) in [6.07, 6.45) is 5.47. The fraction of sp³-hybridized carbons (Fsp3) is 0.158. The first-order valence-corrected chi connectivity index (χ1v) is 7.67. The lowest BCUT2D eigenvalue weighted by molar-refractivity contribution is -0.122. The van der Waals surface area contributed by atoms with Gasteiger partial charge in [0.25, 0.3) is 0 Å². The Morgan fingerprint density at radius 3 is 2.67 bits per heavy atom.